The van der Waals surface area contributed by atoms with Crippen LogP contribution in [0.1, 0.15) is 43.4 Å². The summed E-state index contributed by atoms with van der Waals surface area (Å²) in [7, 11) is 1.44. The van der Waals surface area contributed by atoms with E-state index in [1.807, 2.05) is 6.08 Å². The van der Waals surface area contributed by atoms with Crippen molar-refractivity contribution in [3.8, 4) is 5.75 Å². The average Bonchev–Trinajstić information content (AvgIpc) is 2.78. The molecule has 6 nitrogen and oxygen atoms in total. The Morgan fingerprint density at radius 1 is 1.14 bits per heavy atom. The Labute approximate surface area is 206 Å². The molecule has 0 fully saturated rings. The number of nitrogens with zero attached hydrogens (tertiary/aromatic N) is 2. The van der Waals surface area contributed by atoms with Gasteiger partial charge in [-0.2, -0.15) is 23.2 Å². The summed E-state index contributed by atoms with van der Waals surface area (Å²) in [6, 6.07) is 11.6. The number of ether oxygens (including phenoxy) is 1. The SMILES string of the molecule is COC1=NC(c2cc(CNC(=O)C(C)(C)C(F)(F)F)ccc2Cl)=CCCC(c2ccc(O)cc2)=N1. The number of carbonyl (C=O) groups is 1. The quantitative estimate of drug-likeness (QED) is 0.530. The molecule has 0 spiro atoms. The number of halogens is 4. The Kier molecular flexibility index (Phi) is 7.90. The molecule has 0 saturated carbocycles. The molecule has 0 saturated heterocycles. The average molecular weight is 508 g/mol. The molecule has 2 N–H and O–H groups in total. The minimum atomic E-state index is -4.67. The van der Waals surface area contributed by atoms with E-state index in [1.165, 1.54) is 7.11 Å². The van der Waals surface area contributed by atoms with Gasteiger partial charge in [-0.1, -0.05) is 23.7 Å². The number of amides is 1. The number of allylic oxidation sites excluding steroid dienone is 1. The van der Waals surface area contributed by atoms with Crippen LogP contribution in [0.25, 0.3) is 5.70 Å². The molecule has 1 aliphatic rings. The molecule has 35 heavy (non-hydrogen) atoms. The van der Waals surface area contributed by atoms with Crippen molar-refractivity contribution in [1.29, 1.82) is 0 Å². The third-order valence-electron chi connectivity index (χ3n) is 5.58. The van der Waals surface area contributed by atoms with Gasteiger partial charge in [0, 0.05) is 17.1 Å². The van der Waals surface area contributed by atoms with Gasteiger partial charge in [0.2, 0.25) is 5.91 Å². The van der Waals surface area contributed by atoms with Crippen LogP contribution in [0.4, 0.5) is 13.2 Å². The Bertz CT molecular complexity index is 1190. The standard InChI is InChI=1S/C25H25ClF3N3O3/c1-24(2,25(27,28)29)22(34)30-14-15-7-12-19(26)18(13-15)21-6-4-5-20(31-23(32-21)35-3)16-8-10-17(33)11-9-16/h6-13,33H,4-5,14H2,1-3H3,(H,30,34). The monoisotopic (exact) mass is 507 g/mol. The maximum absolute atomic E-state index is 13.1. The van der Waals surface area contributed by atoms with Gasteiger partial charge in [-0.3, -0.25) is 4.79 Å². The van der Waals surface area contributed by atoms with Crippen LogP contribution in [0.15, 0.2) is 58.5 Å². The number of carbonyl (C=O) groups excluding carboxylic acids is 1. The first-order valence-corrected chi connectivity index (χ1v) is 11.1. The maximum Gasteiger partial charge on any atom is 0.402 e. The fraction of sp³-hybridized carbons (Fsp3) is 0.320. The van der Waals surface area contributed by atoms with Gasteiger partial charge in [-0.05, 0) is 74.2 Å². The molecular formula is C25H25ClF3N3O3. The van der Waals surface area contributed by atoms with Crippen molar-refractivity contribution in [3.05, 3.63) is 70.3 Å². The number of phenols is 1. The summed E-state index contributed by atoms with van der Waals surface area (Å²) in [4.78, 5) is 21.1. The number of hydrogen-bond acceptors (Lipinski definition) is 5. The van der Waals surface area contributed by atoms with Crippen LogP contribution in [0.5, 0.6) is 5.75 Å². The number of aliphatic imine (C=N–C) groups is 2. The molecule has 0 aromatic heterocycles. The summed E-state index contributed by atoms with van der Waals surface area (Å²) in [5.41, 5.74) is 0.615. The van der Waals surface area contributed by atoms with Crippen molar-refractivity contribution in [2.75, 3.05) is 7.11 Å². The first-order chi connectivity index (χ1) is 16.4. The molecule has 1 heterocycles. The minimum Gasteiger partial charge on any atom is -0.508 e. The number of phenolic OH excluding ortho intramolecular Hbond substituents is 1. The lowest BCUT2D eigenvalue weighted by Crippen LogP contribution is -2.46. The van der Waals surface area contributed by atoms with Gasteiger partial charge >= 0.3 is 12.2 Å². The summed E-state index contributed by atoms with van der Waals surface area (Å²) < 4.78 is 44.7. The fourth-order valence-corrected chi connectivity index (χ4v) is 3.44. The number of nitrogens with one attached hydrogen (secondary N) is 1. The first kappa shape index (κ1) is 26.3. The largest absolute Gasteiger partial charge is 0.508 e. The number of amidine groups is 1. The third kappa shape index (κ3) is 6.22. The Balaban J connectivity index is 1.85. The molecule has 0 atom stereocenters. The fourth-order valence-electron chi connectivity index (χ4n) is 3.23. The topological polar surface area (TPSA) is 83.3 Å². The molecular weight excluding hydrogens is 483 g/mol. The van der Waals surface area contributed by atoms with Crippen LogP contribution < -0.4 is 5.32 Å². The maximum atomic E-state index is 13.1. The van der Waals surface area contributed by atoms with Gasteiger partial charge in [0.25, 0.3) is 0 Å². The number of aromatic hydroxyl groups is 1. The molecule has 0 unspecified atom stereocenters. The summed E-state index contributed by atoms with van der Waals surface area (Å²) in [5.74, 6) is -0.974. The molecule has 1 aliphatic heterocycles. The summed E-state index contributed by atoms with van der Waals surface area (Å²) in [6.07, 6.45) is -1.66. The first-order valence-electron chi connectivity index (χ1n) is 10.8. The van der Waals surface area contributed by atoms with E-state index in [-0.39, 0.29) is 18.3 Å². The summed E-state index contributed by atoms with van der Waals surface area (Å²) >= 11 is 6.40. The lowest BCUT2D eigenvalue weighted by atomic mass is 9.91. The molecule has 0 aliphatic carbocycles. The van der Waals surface area contributed by atoms with Crippen LogP contribution >= 0.6 is 11.6 Å². The van der Waals surface area contributed by atoms with Gasteiger partial charge in [0.05, 0.1) is 18.5 Å². The summed E-state index contributed by atoms with van der Waals surface area (Å²) in [6.45, 7) is 1.56. The Morgan fingerprint density at radius 3 is 2.46 bits per heavy atom. The van der Waals surface area contributed by atoms with Crippen LogP contribution in [-0.4, -0.2) is 36.0 Å². The molecule has 10 heteroatoms. The predicted molar refractivity (Wildman–Crippen MR) is 129 cm³/mol. The van der Waals surface area contributed by atoms with Crippen molar-refractivity contribution in [2.45, 2.75) is 39.4 Å². The second-order valence-electron chi connectivity index (χ2n) is 8.45. The van der Waals surface area contributed by atoms with Crippen LogP contribution in [0.2, 0.25) is 5.02 Å². The summed E-state index contributed by atoms with van der Waals surface area (Å²) in [5, 5.41) is 12.2. The highest BCUT2D eigenvalue weighted by Crippen LogP contribution is 2.37. The van der Waals surface area contributed by atoms with Gasteiger partial charge in [0.1, 0.15) is 11.2 Å². The highest BCUT2D eigenvalue weighted by molar-refractivity contribution is 6.32. The van der Waals surface area contributed by atoms with E-state index in [2.05, 4.69) is 15.3 Å². The molecule has 1 amide bonds. The predicted octanol–water partition coefficient (Wildman–Crippen LogP) is 5.88. The van der Waals surface area contributed by atoms with E-state index < -0.39 is 17.5 Å². The van der Waals surface area contributed by atoms with E-state index in [4.69, 9.17) is 16.3 Å². The van der Waals surface area contributed by atoms with Crippen molar-refractivity contribution < 1.29 is 27.8 Å². The van der Waals surface area contributed by atoms with E-state index in [9.17, 15) is 23.1 Å². The van der Waals surface area contributed by atoms with Crippen LogP contribution in [-0.2, 0) is 16.1 Å². The van der Waals surface area contributed by atoms with Gasteiger partial charge in [0.15, 0.2) is 0 Å². The van der Waals surface area contributed by atoms with Crippen molar-refractivity contribution in [1.82, 2.24) is 5.32 Å². The number of rotatable bonds is 5. The Hall–Kier alpha value is -3.33. The number of hydrogen-bond donors (Lipinski definition) is 2. The van der Waals surface area contributed by atoms with E-state index in [0.717, 1.165) is 25.1 Å². The van der Waals surface area contributed by atoms with Crippen LogP contribution in [0, 0.1) is 5.41 Å². The highest BCUT2D eigenvalue weighted by atomic mass is 35.5. The smallest absolute Gasteiger partial charge is 0.402 e. The van der Waals surface area contributed by atoms with E-state index >= 15 is 0 Å². The zero-order valence-corrected chi connectivity index (χ0v) is 20.2. The number of benzene rings is 2. The molecule has 0 bridgehead atoms. The van der Waals surface area contributed by atoms with E-state index in [0.29, 0.717) is 34.7 Å². The van der Waals surface area contributed by atoms with Crippen molar-refractivity contribution >= 4 is 34.9 Å². The minimum absolute atomic E-state index is 0.0979. The van der Waals surface area contributed by atoms with Gasteiger partial charge in [-0.25, -0.2) is 0 Å². The molecule has 3 rings (SSSR count). The molecule has 2 aromatic carbocycles. The van der Waals surface area contributed by atoms with Crippen LogP contribution in [0.3, 0.4) is 0 Å². The number of alkyl halides is 3. The van der Waals surface area contributed by atoms with Gasteiger partial charge < -0.3 is 15.2 Å². The van der Waals surface area contributed by atoms with Gasteiger partial charge in [-0.15, -0.1) is 0 Å². The highest BCUT2D eigenvalue weighted by Gasteiger charge is 2.52. The lowest BCUT2D eigenvalue weighted by molar-refractivity contribution is -0.211. The second-order valence-corrected chi connectivity index (χ2v) is 8.86. The normalized spacial score (nSPS) is 14.8. The second kappa shape index (κ2) is 10.5. The zero-order chi connectivity index (χ0) is 25.8. The zero-order valence-electron chi connectivity index (χ0n) is 19.4. The molecule has 2 aromatic rings. The van der Waals surface area contributed by atoms with E-state index in [1.54, 1.807) is 42.5 Å². The third-order valence-corrected chi connectivity index (χ3v) is 5.91. The van der Waals surface area contributed by atoms with Crippen molar-refractivity contribution in [2.24, 2.45) is 15.4 Å². The molecule has 0 radical (unpaired) electrons. The number of methoxy groups -OCH3 is 1. The Morgan fingerprint density at radius 2 is 1.83 bits per heavy atom. The van der Waals surface area contributed by atoms with Crippen molar-refractivity contribution in [3.63, 3.8) is 0 Å². The molecule has 186 valence electrons. The lowest BCUT2D eigenvalue weighted by Gasteiger charge is -2.26.